The number of aliphatic hydroxyl groups excluding tert-OH is 1. The summed E-state index contributed by atoms with van der Waals surface area (Å²) in [7, 11) is 5.95. The van der Waals surface area contributed by atoms with E-state index < -0.39 is 12.0 Å². The van der Waals surface area contributed by atoms with Crippen LogP contribution in [0.4, 0.5) is 5.69 Å². The molecule has 1 aliphatic rings. The van der Waals surface area contributed by atoms with Crippen LogP contribution in [0.5, 0.6) is 28.7 Å². The van der Waals surface area contributed by atoms with Crippen LogP contribution in [0.2, 0.25) is 0 Å². The average Bonchev–Trinajstić information content (AvgIpc) is 2.71. The van der Waals surface area contributed by atoms with Crippen molar-refractivity contribution < 1.29 is 34.0 Å². The molecule has 2 aromatic carbocycles. The van der Waals surface area contributed by atoms with E-state index >= 15 is 0 Å². The van der Waals surface area contributed by atoms with E-state index in [1.165, 1.54) is 39.4 Å². The van der Waals surface area contributed by atoms with Crippen LogP contribution < -0.4 is 23.8 Å². The topological polar surface area (TPSA) is 97.7 Å². The van der Waals surface area contributed by atoms with E-state index in [1.54, 1.807) is 24.3 Å². The van der Waals surface area contributed by atoms with Crippen LogP contribution in [0.25, 0.3) is 0 Å². The van der Waals surface area contributed by atoms with Crippen LogP contribution in [0.3, 0.4) is 0 Å². The fraction of sp³-hybridized carbons (Fsp3) is 0.350. The number of carbonyl (C=O) groups is 1. The van der Waals surface area contributed by atoms with Crippen molar-refractivity contribution in [2.24, 2.45) is 5.92 Å². The van der Waals surface area contributed by atoms with Crippen LogP contribution >= 0.6 is 0 Å². The molecule has 3 rings (SSSR count). The predicted octanol–water partition coefficient (Wildman–Crippen LogP) is 2.12. The predicted molar refractivity (Wildman–Crippen MR) is 102 cm³/mol. The molecule has 1 saturated heterocycles. The van der Waals surface area contributed by atoms with Crippen LogP contribution in [0.1, 0.15) is 11.6 Å². The third-order valence-corrected chi connectivity index (χ3v) is 4.88. The molecule has 8 heteroatoms. The molecule has 1 fully saturated rings. The Kier molecular flexibility index (Phi) is 5.51. The van der Waals surface area contributed by atoms with Crippen molar-refractivity contribution in [2.45, 2.75) is 6.04 Å². The number of aromatic hydroxyl groups is 1. The van der Waals surface area contributed by atoms with Crippen LogP contribution in [0.15, 0.2) is 30.3 Å². The molecular formula is C20H23NO7. The number of rotatable bonds is 7. The second kappa shape index (κ2) is 7.85. The van der Waals surface area contributed by atoms with Crippen molar-refractivity contribution in [3.05, 3.63) is 35.9 Å². The highest BCUT2D eigenvalue weighted by atomic mass is 16.5. The lowest BCUT2D eigenvalue weighted by molar-refractivity contribution is -0.132. The lowest BCUT2D eigenvalue weighted by Crippen LogP contribution is -2.56. The molecule has 0 aliphatic carbocycles. The van der Waals surface area contributed by atoms with Gasteiger partial charge in [0.25, 0.3) is 0 Å². The van der Waals surface area contributed by atoms with Gasteiger partial charge >= 0.3 is 0 Å². The zero-order valence-corrected chi connectivity index (χ0v) is 16.1. The Hall–Kier alpha value is -3.13. The summed E-state index contributed by atoms with van der Waals surface area (Å²) in [6.45, 7) is -0.308. The number of benzene rings is 2. The van der Waals surface area contributed by atoms with E-state index in [2.05, 4.69) is 0 Å². The van der Waals surface area contributed by atoms with Gasteiger partial charge in [-0.2, -0.15) is 0 Å². The van der Waals surface area contributed by atoms with Crippen molar-refractivity contribution in [1.82, 2.24) is 0 Å². The van der Waals surface area contributed by atoms with Crippen molar-refractivity contribution >= 4 is 11.6 Å². The Morgan fingerprint density at radius 2 is 1.54 bits per heavy atom. The van der Waals surface area contributed by atoms with Gasteiger partial charge in [0.2, 0.25) is 11.7 Å². The lowest BCUT2D eigenvalue weighted by Gasteiger charge is -2.47. The highest BCUT2D eigenvalue weighted by Crippen LogP contribution is 2.49. The van der Waals surface area contributed by atoms with Crippen molar-refractivity contribution in [1.29, 1.82) is 0 Å². The van der Waals surface area contributed by atoms with Gasteiger partial charge in [-0.3, -0.25) is 4.79 Å². The molecule has 1 amide bonds. The van der Waals surface area contributed by atoms with Gasteiger partial charge in [-0.05, 0) is 17.7 Å². The van der Waals surface area contributed by atoms with Gasteiger partial charge in [0.15, 0.2) is 23.0 Å². The van der Waals surface area contributed by atoms with Crippen LogP contribution in [0, 0.1) is 5.92 Å². The fourth-order valence-electron chi connectivity index (χ4n) is 3.49. The highest BCUT2D eigenvalue weighted by molar-refractivity contribution is 6.03. The summed E-state index contributed by atoms with van der Waals surface area (Å²) in [6, 6.07) is 7.78. The van der Waals surface area contributed by atoms with Crippen molar-refractivity contribution in [3.63, 3.8) is 0 Å². The first-order valence-electron chi connectivity index (χ1n) is 8.61. The number of hydrogen-bond acceptors (Lipinski definition) is 7. The maximum absolute atomic E-state index is 12.7. The van der Waals surface area contributed by atoms with E-state index in [0.717, 1.165) is 0 Å². The molecule has 8 nitrogen and oxygen atoms in total. The minimum absolute atomic E-state index is 0.0409. The number of β-lactam (4-membered cyclic amide) rings is 1. The SMILES string of the molecule is COc1ccc([C@@H]2C(CO)C(=O)N2c2cc(OC)c(OC)c(OC)c2)cc1O. The molecule has 2 aromatic rings. The van der Waals surface area contributed by atoms with E-state index in [9.17, 15) is 15.0 Å². The first-order valence-corrected chi connectivity index (χ1v) is 8.61. The molecule has 1 unspecified atom stereocenters. The third kappa shape index (κ3) is 3.05. The Balaban J connectivity index is 2.07. The minimum Gasteiger partial charge on any atom is -0.504 e. The fourth-order valence-corrected chi connectivity index (χ4v) is 3.49. The largest absolute Gasteiger partial charge is 0.504 e. The molecule has 0 radical (unpaired) electrons. The van der Waals surface area contributed by atoms with E-state index in [-0.39, 0.29) is 18.3 Å². The Labute approximate surface area is 162 Å². The Bertz CT molecular complexity index is 858. The molecule has 0 bridgehead atoms. The maximum atomic E-state index is 12.7. The first kappa shape index (κ1) is 19.6. The van der Waals surface area contributed by atoms with Crippen molar-refractivity contribution in [2.75, 3.05) is 39.9 Å². The molecule has 2 N–H and O–H groups in total. The normalized spacial score (nSPS) is 18.5. The molecule has 1 aliphatic heterocycles. The minimum atomic E-state index is -0.619. The smallest absolute Gasteiger partial charge is 0.235 e. The summed E-state index contributed by atoms with van der Waals surface area (Å²) in [5, 5.41) is 19.8. The van der Waals surface area contributed by atoms with Gasteiger partial charge < -0.3 is 34.1 Å². The van der Waals surface area contributed by atoms with Gasteiger partial charge in [0.1, 0.15) is 0 Å². The molecule has 0 aromatic heterocycles. The zero-order valence-electron chi connectivity index (χ0n) is 16.1. The summed E-state index contributed by atoms with van der Waals surface area (Å²) in [5.74, 6) is 0.667. The summed E-state index contributed by atoms with van der Waals surface area (Å²) < 4.78 is 21.1. The van der Waals surface area contributed by atoms with E-state index in [4.69, 9.17) is 18.9 Å². The summed E-state index contributed by atoms with van der Waals surface area (Å²) in [5.41, 5.74) is 1.20. The summed E-state index contributed by atoms with van der Waals surface area (Å²) in [4.78, 5) is 14.2. The summed E-state index contributed by atoms with van der Waals surface area (Å²) >= 11 is 0. The van der Waals surface area contributed by atoms with E-state index in [1.807, 2.05) is 0 Å². The number of carbonyl (C=O) groups excluding carboxylic acids is 1. The molecule has 2 atom stereocenters. The maximum Gasteiger partial charge on any atom is 0.235 e. The van der Waals surface area contributed by atoms with Gasteiger partial charge in [-0.25, -0.2) is 0 Å². The second-order valence-corrected chi connectivity index (χ2v) is 6.26. The molecule has 0 saturated carbocycles. The molecule has 0 spiro atoms. The first-order chi connectivity index (χ1) is 13.5. The lowest BCUT2D eigenvalue weighted by atomic mass is 9.82. The third-order valence-electron chi connectivity index (χ3n) is 4.88. The number of amides is 1. The van der Waals surface area contributed by atoms with E-state index in [0.29, 0.717) is 34.2 Å². The number of phenolic OH excluding ortho intramolecular Hbond substituents is 1. The highest BCUT2D eigenvalue weighted by Gasteiger charge is 2.49. The number of nitrogens with zero attached hydrogens (tertiary/aromatic N) is 1. The number of anilines is 1. The monoisotopic (exact) mass is 389 g/mol. The number of methoxy groups -OCH3 is 4. The number of phenols is 1. The average molecular weight is 389 g/mol. The molecule has 1 heterocycles. The van der Waals surface area contributed by atoms with Gasteiger partial charge in [-0.1, -0.05) is 6.07 Å². The Morgan fingerprint density at radius 3 is 2.00 bits per heavy atom. The number of aliphatic hydroxyl groups is 1. The van der Waals surface area contributed by atoms with Crippen LogP contribution in [-0.2, 0) is 4.79 Å². The van der Waals surface area contributed by atoms with Gasteiger partial charge in [0, 0.05) is 12.1 Å². The standard InChI is InChI=1S/C20H23NO7/c1-25-15-6-5-11(7-14(15)23)18-13(10-22)20(24)21(18)12-8-16(26-2)19(28-4)17(9-12)27-3/h5-9,13,18,22-23H,10H2,1-4H3/t13?,18-/m1/s1. The van der Waals surface area contributed by atoms with Crippen LogP contribution in [-0.4, -0.2) is 51.2 Å². The number of hydrogen-bond donors (Lipinski definition) is 2. The summed E-state index contributed by atoms with van der Waals surface area (Å²) in [6.07, 6.45) is 0. The van der Waals surface area contributed by atoms with Crippen molar-refractivity contribution in [3.8, 4) is 28.7 Å². The van der Waals surface area contributed by atoms with Gasteiger partial charge in [-0.15, -0.1) is 0 Å². The second-order valence-electron chi connectivity index (χ2n) is 6.26. The number of ether oxygens (including phenoxy) is 4. The molecule has 150 valence electrons. The quantitative estimate of drug-likeness (QED) is 0.700. The molecule has 28 heavy (non-hydrogen) atoms. The zero-order chi connectivity index (χ0) is 20.4. The van der Waals surface area contributed by atoms with Gasteiger partial charge in [0.05, 0.1) is 52.7 Å². The Morgan fingerprint density at radius 1 is 0.929 bits per heavy atom. The molecular weight excluding hydrogens is 366 g/mol.